The van der Waals surface area contributed by atoms with Gasteiger partial charge in [0.1, 0.15) is 5.75 Å². The van der Waals surface area contributed by atoms with Crippen molar-refractivity contribution in [3.05, 3.63) is 89.0 Å². The number of hydrogen-bond acceptors (Lipinski definition) is 4. The minimum Gasteiger partial charge on any atom is -0.497 e. The lowest BCUT2D eigenvalue weighted by atomic mass is 9.90. The third kappa shape index (κ3) is 5.28. The first kappa shape index (κ1) is 23.9. The lowest BCUT2D eigenvalue weighted by molar-refractivity contribution is 0.223. The highest BCUT2D eigenvalue weighted by molar-refractivity contribution is 5.87. The molecule has 0 bridgehead atoms. The van der Waals surface area contributed by atoms with Crippen LogP contribution in [0.3, 0.4) is 0 Å². The molecule has 4 heteroatoms. The van der Waals surface area contributed by atoms with E-state index in [0.717, 1.165) is 49.6 Å². The van der Waals surface area contributed by atoms with E-state index in [-0.39, 0.29) is 0 Å². The van der Waals surface area contributed by atoms with Crippen LogP contribution >= 0.6 is 0 Å². The number of ether oxygens (including phenoxy) is 3. The van der Waals surface area contributed by atoms with Crippen LogP contribution in [0.1, 0.15) is 42.0 Å². The lowest BCUT2D eigenvalue weighted by Gasteiger charge is -2.32. The van der Waals surface area contributed by atoms with Crippen LogP contribution in [0.4, 0.5) is 0 Å². The van der Waals surface area contributed by atoms with Gasteiger partial charge in [-0.3, -0.25) is 4.90 Å². The third-order valence-electron chi connectivity index (χ3n) is 6.62. The Hall–Kier alpha value is -3.24. The normalized spacial score (nSPS) is 17.2. The predicted molar refractivity (Wildman–Crippen MR) is 140 cm³/mol. The largest absolute Gasteiger partial charge is 0.497 e. The van der Waals surface area contributed by atoms with Gasteiger partial charge in [0.05, 0.1) is 21.3 Å². The molecular weight excluding hydrogens is 422 g/mol. The second kappa shape index (κ2) is 11.3. The molecule has 0 spiro atoms. The quantitative estimate of drug-likeness (QED) is 0.387. The van der Waals surface area contributed by atoms with Gasteiger partial charge in [-0.1, -0.05) is 55.8 Å². The summed E-state index contributed by atoms with van der Waals surface area (Å²) in [6.07, 6.45) is 5.51. The summed E-state index contributed by atoms with van der Waals surface area (Å²) in [5.41, 5.74) is 6.41. The Kier molecular flexibility index (Phi) is 7.91. The highest BCUT2D eigenvalue weighted by Crippen LogP contribution is 2.40. The first-order chi connectivity index (χ1) is 16.7. The van der Waals surface area contributed by atoms with Gasteiger partial charge in [0.25, 0.3) is 0 Å². The molecule has 1 aliphatic rings. The topological polar surface area (TPSA) is 30.9 Å². The highest BCUT2D eigenvalue weighted by Gasteiger charge is 2.29. The van der Waals surface area contributed by atoms with Crippen molar-refractivity contribution in [3.8, 4) is 17.2 Å². The van der Waals surface area contributed by atoms with Gasteiger partial charge < -0.3 is 14.2 Å². The summed E-state index contributed by atoms with van der Waals surface area (Å²) in [5, 5.41) is 0. The molecule has 1 atom stereocenters. The smallest absolute Gasteiger partial charge is 0.161 e. The Morgan fingerprint density at radius 3 is 2.24 bits per heavy atom. The van der Waals surface area contributed by atoms with Gasteiger partial charge >= 0.3 is 0 Å². The van der Waals surface area contributed by atoms with Crippen molar-refractivity contribution in [2.24, 2.45) is 0 Å². The van der Waals surface area contributed by atoms with E-state index in [0.29, 0.717) is 6.04 Å². The van der Waals surface area contributed by atoms with Crippen molar-refractivity contribution in [2.45, 2.75) is 38.8 Å². The molecule has 1 aliphatic heterocycles. The zero-order valence-corrected chi connectivity index (χ0v) is 20.7. The summed E-state index contributed by atoms with van der Waals surface area (Å²) < 4.78 is 16.7. The Labute approximate surface area is 203 Å². The van der Waals surface area contributed by atoms with E-state index < -0.39 is 0 Å². The first-order valence-electron chi connectivity index (χ1n) is 12.1. The summed E-state index contributed by atoms with van der Waals surface area (Å²) in [6.45, 7) is 4.14. The van der Waals surface area contributed by atoms with Crippen LogP contribution in [0.2, 0.25) is 0 Å². The van der Waals surface area contributed by atoms with E-state index in [1.165, 1.54) is 27.8 Å². The fourth-order valence-corrected chi connectivity index (χ4v) is 4.86. The molecular formula is C30H35NO3. The van der Waals surface area contributed by atoms with Crippen LogP contribution in [-0.2, 0) is 13.0 Å². The van der Waals surface area contributed by atoms with Crippen LogP contribution in [0.15, 0.2) is 66.7 Å². The van der Waals surface area contributed by atoms with Crippen molar-refractivity contribution >= 4 is 11.6 Å². The van der Waals surface area contributed by atoms with Crippen molar-refractivity contribution in [3.63, 3.8) is 0 Å². The van der Waals surface area contributed by atoms with Gasteiger partial charge in [-0.15, -0.1) is 0 Å². The van der Waals surface area contributed by atoms with Gasteiger partial charge in [0, 0.05) is 19.1 Å². The standard InChI is InChI=1S/C30H35NO3/c1-5-9-28-27(18-22-10-7-6-8-11-22)26-20-30(34-4)29(33-3)19-24(26)16-17-31(28)21-23-12-14-25(32-2)15-13-23/h6-8,10-15,18-20,28H,5,9,16-17,21H2,1-4H3/b27-18-. The van der Waals surface area contributed by atoms with Crippen LogP contribution in [0, 0.1) is 0 Å². The molecule has 1 unspecified atom stereocenters. The average molecular weight is 458 g/mol. The Morgan fingerprint density at radius 1 is 0.882 bits per heavy atom. The van der Waals surface area contributed by atoms with Crippen molar-refractivity contribution in [1.82, 2.24) is 4.90 Å². The fraction of sp³-hybridized carbons (Fsp3) is 0.333. The summed E-state index contributed by atoms with van der Waals surface area (Å²) in [6, 6.07) is 23.7. The molecule has 3 aromatic rings. The minimum atomic E-state index is 0.298. The molecule has 0 saturated heterocycles. The van der Waals surface area contributed by atoms with Gasteiger partial charge in [-0.05, 0) is 71.0 Å². The zero-order valence-electron chi connectivity index (χ0n) is 20.7. The van der Waals surface area contributed by atoms with Crippen LogP contribution < -0.4 is 14.2 Å². The van der Waals surface area contributed by atoms with Crippen LogP contribution in [0.5, 0.6) is 17.2 Å². The number of hydrogen-bond donors (Lipinski definition) is 0. The molecule has 0 saturated carbocycles. The van der Waals surface area contributed by atoms with E-state index in [1.54, 1.807) is 21.3 Å². The number of methoxy groups -OCH3 is 3. The van der Waals surface area contributed by atoms with Crippen molar-refractivity contribution in [1.29, 1.82) is 0 Å². The molecule has 0 aromatic heterocycles. The van der Waals surface area contributed by atoms with Gasteiger partial charge in [-0.2, -0.15) is 0 Å². The summed E-state index contributed by atoms with van der Waals surface area (Å²) in [5.74, 6) is 2.45. The molecule has 4 rings (SSSR count). The molecule has 1 heterocycles. The third-order valence-corrected chi connectivity index (χ3v) is 6.62. The molecule has 178 valence electrons. The molecule has 0 amide bonds. The monoisotopic (exact) mass is 457 g/mol. The van der Waals surface area contributed by atoms with E-state index in [1.807, 2.05) is 12.1 Å². The van der Waals surface area contributed by atoms with E-state index in [9.17, 15) is 0 Å². The number of benzene rings is 3. The van der Waals surface area contributed by atoms with E-state index >= 15 is 0 Å². The molecule has 0 aliphatic carbocycles. The fourth-order valence-electron chi connectivity index (χ4n) is 4.86. The SMILES string of the molecule is CCCC1/C(=C\c2ccccc2)c2cc(OC)c(OC)cc2CCN1Cc1ccc(OC)cc1. The maximum Gasteiger partial charge on any atom is 0.161 e. The Morgan fingerprint density at radius 2 is 1.59 bits per heavy atom. The molecule has 0 radical (unpaired) electrons. The average Bonchev–Trinajstić information content (AvgIpc) is 3.01. The van der Waals surface area contributed by atoms with Crippen LogP contribution in [0.25, 0.3) is 11.6 Å². The van der Waals surface area contributed by atoms with Crippen molar-refractivity contribution in [2.75, 3.05) is 27.9 Å². The second-order valence-electron chi connectivity index (χ2n) is 8.75. The summed E-state index contributed by atoms with van der Waals surface area (Å²) in [4.78, 5) is 2.62. The number of fused-ring (bicyclic) bond motifs is 1. The maximum absolute atomic E-state index is 5.70. The molecule has 4 nitrogen and oxygen atoms in total. The van der Waals surface area contributed by atoms with E-state index in [2.05, 4.69) is 72.5 Å². The number of rotatable bonds is 8. The number of nitrogens with zero attached hydrogens (tertiary/aromatic N) is 1. The molecule has 0 N–H and O–H groups in total. The van der Waals surface area contributed by atoms with Gasteiger partial charge in [-0.25, -0.2) is 0 Å². The zero-order chi connectivity index (χ0) is 23.9. The Balaban J connectivity index is 1.81. The summed E-state index contributed by atoms with van der Waals surface area (Å²) in [7, 11) is 5.13. The molecule has 3 aromatic carbocycles. The lowest BCUT2D eigenvalue weighted by Crippen LogP contribution is -2.35. The van der Waals surface area contributed by atoms with Crippen LogP contribution in [-0.4, -0.2) is 38.8 Å². The highest BCUT2D eigenvalue weighted by atomic mass is 16.5. The van der Waals surface area contributed by atoms with Crippen molar-refractivity contribution < 1.29 is 14.2 Å². The first-order valence-corrected chi connectivity index (χ1v) is 12.1. The van der Waals surface area contributed by atoms with Gasteiger partial charge in [0.15, 0.2) is 11.5 Å². The molecule has 34 heavy (non-hydrogen) atoms. The maximum atomic E-state index is 5.70. The second-order valence-corrected chi connectivity index (χ2v) is 8.75. The minimum absolute atomic E-state index is 0.298. The molecule has 0 fully saturated rings. The Bertz CT molecular complexity index is 1110. The summed E-state index contributed by atoms with van der Waals surface area (Å²) >= 11 is 0. The van der Waals surface area contributed by atoms with E-state index in [4.69, 9.17) is 14.2 Å². The van der Waals surface area contributed by atoms with Gasteiger partial charge in [0.2, 0.25) is 0 Å². The predicted octanol–water partition coefficient (Wildman–Crippen LogP) is 6.48.